The molecule has 0 aliphatic carbocycles. The fourth-order valence-corrected chi connectivity index (χ4v) is 2.22. The standard InChI is InChI=1S/C19H24O2/c1-5-19(3,4)15-10-12-16(13-11-15)21-18-9-7-6-8-17(18)14(2)20/h6-14,20H,5H2,1-4H3/t14-/m0/s1. The lowest BCUT2D eigenvalue weighted by molar-refractivity contribution is 0.195. The second kappa shape index (κ2) is 6.31. The Morgan fingerprint density at radius 2 is 1.67 bits per heavy atom. The molecule has 2 aromatic carbocycles. The number of hydrogen-bond acceptors (Lipinski definition) is 2. The fraction of sp³-hybridized carbons (Fsp3) is 0.368. The van der Waals surface area contributed by atoms with Gasteiger partial charge in [-0.1, -0.05) is 51.1 Å². The molecule has 1 atom stereocenters. The van der Waals surface area contributed by atoms with E-state index in [1.165, 1.54) is 5.56 Å². The van der Waals surface area contributed by atoms with Gasteiger partial charge < -0.3 is 9.84 Å². The molecule has 0 heterocycles. The van der Waals surface area contributed by atoms with E-state index in [2.05, 4.69) is 32.9 Å². The zero-order valence-corrected chi connectivity index (χ0v) is 13.3. The molecule has 0 aromatic heterocycles. The van der Waals surface area contributed by atoms with Gasteiger partial charge in [-0.25, -0.2) is 0 Å². The van der Waals surface area contributed by atoms with Crippen LogP contribution in [0.4, 0.5) is 0 Å². The minimum absolute atomic E-state index is 0.177. The first-order valence-corrected chi connectivity index (χ1v) is 7.49. The van der Waals surface area contributed by atoms with Crippen molar-refractivity contribution in [3.05, 3.63) is 59.7 Å². The molecule has 2 nitrogen and oxygen atoms in total. The molecule has 112 valence electrons. The highest BCUT2D eigenvalue weighted by atomic mass is 16.5. The van der Waals surface area contributed by atoms with Crippen LogP contribution in [0.1, 0.15) is 51.3 Å². The molecule has 0 fully saturated rings. The monoisotopic (exact) mass is 284 g/mol. The normalized spacial score (nSPS) is 13.0. The molecule has 0 amide bonds. The largest absolute Gasteiger partial charge is 0.457 e. The van der Waals surface area contributed by atoms with Crippen LogP contribution in [0, 0.1) is 0 Å². The molecule has 2 heteroatoms. The Hall–Kier alpha value is -1.80. The highest BCUT2D eigenvalue weighted by molar-refractivity contribution is 5.40. The van der Waals surface area contributed by atoms with Crippen LogP contribution in [0.2, 0.25) is 0 Å². The Balaban J connectivity index is 2.22. The SMILES string of the molecule is CCC(C)(C)c1ccc(Oc2ccccc2[C@H](C)O)cc1. The summed E-state index contributed by atoms with van der Waals surface area (Å²) >= 11 is 0. The van der Waals surface area contributed by atoms with Gasteiger partial charge in [-0.2, -0.15) is 0 Å². The summed E-state index contributed by atoms with van der Waals surface area (Å²) in [7, 11) is 0. The maximum absolute atomic E-state index is 9.79. The summed E-state index contributed by atoms with van der Waals surface area (Å²) in [6, 6.07) is 15.8. The van der Waals surface area contributed by atoms with Gasteiger partial charge in [-0.3, -0.25) is 0 Å². The molecule has 0 bridgehead atoms. The highest BCUT2D eigenvalue weighted by Crippen LogP contribution is 2.32. The second-order valence-electron chi connectivity index (χ2n) is 6.08. The molecular formula is C19H24O2. The van der Waals surface area contributed by atoms with Crippen molar-refractivity contribution in [2.24, 2.45) is 0 Å². The average Bonchev–Trinajstić information content (AvgIpc) is 2.48. The van der Waals surface area contributed by atoms with Crippen molar-refractivity contribution in [1.29, 1.82) is 0 Å². The maximum atomic E-state index is 9.79. The number of para-hydroxylation sites is 1. The zero-order valence-electron chi connectivity index (χ0n) is 13.3. The highest BCUT2D eigenvalue weighted by Gasteiger charge is 2.17. The minimum atomic E-state index is -0.542. The van der Waals surface area contributed by atoms with E-state index in [-0.39, 0.29) is 5.41 Å². The van der Waals surface area contributed by atoms with Gasteiger partial charge in [0.05, 0.1) is 6.10 Å². The Morgan fingerprint density at radius 3 is 2.24 bits per heavy atom. The summed E-state index contributed by atoms with van der Waals surface area (Å²) in [4.78, 5) is 0. The minimum Gasteiger partial charge on any atom is -0.457 e. The summed E-state index contributed by atoms with van der Waals surface area (Å²) < 4.78 is 5.91. The van der Waals surface area contributed by atoms with Gasteiger partial charge >= 0.3 is 0 Å². The number of aliphatic hydroxyl groups excluding tert-OH is 1. The molecule has 0 radical (unpaired) electrons. The summed E-state index contributed by atoms with van der Waals surface area (Å²) in [5.74, 6) is 1.49. The fourth-order valence-electron chi connectivity index (χ4n) is 2.22. The van der Waals surface area contributed by atoms with Crippen LogP contribution in [-0.4, -0.2) is 5.11 Å². The number of aliphatic hydroxyl groups is 1. The van der Waals surface area contributed by atoms with Gasteiger partial charge in [-0.15, -0.1) is 0 Å². The molecule has 1 N–H and O–H groups in total. The van der Waals surface area contributed by atoms with E-state index in [9.17, 15) is 5.11 Å². The molecule has 0 unspecified atom stereocenters. The third-order valence-electron chi connectivity index (χ3n) is 4.12. The third kappa shape index (κ3) is 3.64. The van der Waals surface area contributed by atoms with E-state index < -0.39 is 6.10 Å². The zero-order chi connectivity index (χ0) is 15.5. The van der Waals surface area contributed by atoms with Gasteiger partial charge in [-0.05, 0) is 42.5 Å². The van der Waals surface area contributed by atoms with Crippen LogP contribution in [-0.2, 0) is 5.41 Å². The maximum Gasteiger partial charge on any atom is 0.133 e. The van der Waals surface area contributed by atoms with Crippen LogP contribution >= 0.6 is 0 Å². The quantitative estimate of drug-likeness (QED) is 0.815. The Morgan fingerprint density at radius 1 is 1.05 bits per heavy atom. The first kappa shape index (κ1) is 15.6. The topological polar surface area (TPSA) is 29.5 Å². The van der Waals surface area contributed by atoms with Crippen molar-refractivity contribution < 1.29 is 9.84 Å². The lowest BCUT2D eigenvalue weighted by Gasteiger charge is -2.23. The van der Waals surface area contributed by atoms with Gasteiger partial charge in [0.2, 0.25) is 0 Å². The number of ether oxygens (including phenoxy) is 1. The van der Waals surface area contributed by atoms with Gasteiger partial charge in [0.25, 0.3) is 0 Å². The molecule has 0 saturated carbocycles. The average molecular weight is 284 g/mol. The van der Waals surface area contributed by atoms with E-state index in [0.29, 0.717) is 5.75 Å². The molecule has 21 heavy (non-hydrogen) atoms. The van der Waals surface area contributed by atoms with Gasteiger partial charge in [0, 0.05) is 5.56 Å². The van der Waals surface area contributed by atoms with Crippen LogP contribution in [0.5, 0.6) is 11.5 Å². The predicted octanol–water partition coefficient (Wildman–Crippen LogP) is 5.22. The van der Waals surface area contributed by atoms with Crippen molar-refractivity contribution in [3.63, 3.8) is 0 Å². The van der Waals surface area contributed by atoms with Crippen LogP contribution in [0.15, 0.2) is 48.5 Å². The van der Waals surface area contributed by atoms with Crippen LogP contribution in [0.3, 0.4) is 0 Å². The first-order chi connectivity index (χ1) is 9.94. The lowest BCUT2D eigenvalue weighted by Crippen LogP contribution is -2.14. The lowest BCUT2D eigenvalue weighted by atomic mass is 9.82. The molecule has 0 spiro atoms. The Kier molecular flexibility index (Phi) is 4.69. The van der Waals surface area contributed by atoms with E-state index >= 15 is 0 Å². The van der Waals surface area contributed by atoms with Crippen molar-refractivity contribution >= 4 is 0 Å². The molecule has 0 aliphatic heterocycles. The van der Waals surface area contributed by atoms with Crippen LogP contribution in [0.25, 0.3) is 0 Å². The number of hydrogen-bond donors (Lipinski definition) is 1. The van der Waals surface area contributed by atoms with Crippen molar-refractivity contribution in [2.45, 2.75) is 45.6 Å². The first-order valence-electron chi connectivity index (χ1n) is 7.49. The van der Waals surface area contributed by atoms with Crippen molar-refractivity contribution in [2.75, 3.05) is 0 Å². The van der Waals surface area contributed by atoms with Crippen molar-refractivity contribution in [3.8, 4) is 11.5 Å². The van der Waals surface area contributed by atoms with E-state index in [1.807, 2.05) is 36.4 Å². The summed E-state index contributed by atoms with van der Waals surface area (Å²) in [6.45, 7) is 8.43. The second-order valence-corrected chi connectivity index (χ2v) is 6.08. The molecule has 2 aromatic rings. The van der Waals surface area contributed by atoms with Crippen molar-refractivity contribution in [1.82, 2.24) is 0 Å². The Bertz CT molecular complexity index is 583. The summed E-state index contributed by atoms with van der Waals surface area (Å²) in [5.41, 5.74) is 2.28. The van der Waals surface area contributed by atoms with Gasteiger partial charge in [0.15, 0.2) is 0 Å². The number of rotatable bonds is 5. The van der Waals surface area contributed by atoms with Gasteiger partial charge in [0.1, 0.15) is 11.5 Å². The summed E-state index contributed by atoms with van der Waals surface area (Å²) in [5, 5.41) is 9.79. The smallest absolute Gasteiger partial charge is 0.133 e. The number of benzene rings is 2. The molecule has 0 aliphatic rings. The molecule has 0 saturated heterocycles. The van der Waals surface area contributed by atoms with E-state index in [0.717, 1.165) is 17.7 Å². The molecular weight excluding hydrogens is 260 g/mol. The van der Waals surface area contributed by atoms with E-state index in [1.54, 1.807) is 6.92 Å². The van der Waals surface area contributed by atoms with Crippen LogP contribution < -0.4 is 4.74 Å². The predicted molar refractivity (Wildman–Crippen MR) is 86.9 cm³/mol. The summed E-state index contributed by atoms with van der Waals surface area (Å²) in [6.07, 6.45) is 0.553. The third-order valence-corrected chi connectivity index (χ3v) is 4.12. The van der Waals surface area contributed by atoms with E-state index in [4.69, 9.17) is 4.74 Å². The Labute approximate surface area is 127 Å². The molecule has 2 rings (SSSR count).